The number of hydrogen-bond acceptors (Lipinski definition) is 5. The summed E-state index contributed by atoms with van der Waals surface area (Å²) in [6, 6.07) is 9.99. The number of anilines is 1. The van der Waals surface area contributed by atoms with Gasteiger partial charge in [0.25, 0.3) is 0 Å². The predicted octanol–water partition coefficient (Wildman–Crippen LogP) is 3.72. The molecule has 2 N–H and O–H groups in total. The number of carbonyl (C=O) groups excluding carboxylic acids is 2. The van der Waals surface area contributed by atoms with E-state index in [2.05, 4.69) is 25.7 Å². The number of pyridine rings is 1. The molecule has 0 aliphatic carbocycles. The molecule has 3 rings (SSSR count). The molecule has 0 unspecified atom stereocenters. The van der Waals surface area contributed by atoms with Gasteiger partial charge in [-0.15, -0.1) is 0 Å². The summed E-state index contributed by atoms with van der Waals surface area (Å²) in [5.41, 5.74) is 7.25. The van der Waals surface area contributed by atoms with E-state index in [1.807, 2.05) is 26.0 Å². The van der Waals surface area contributed by atoms with Gasteiger partial charge in [-0.3, -0.25) is 9.20 Å². The minimum atomic E-state index is -0.591. The maximum atomic E-state index is 12.8. The quantitative estimate of drug-likeness (QED) is 0.409. The number of esters is 1. The maximum Gasteiger partial charge on any atom is 0.339 e. The van der Waals surface area contributed by atoms with Crippen LogP contribution < -0.4 is 5.73 Å². The van der Waals surface area contributed by atoms with Gasteiger partial charge in [0.1, 0.15) is 4.60 Å². The number of rotatable bonds is 3. The fourth-order valence-electron chi connectivity index (χ4n) is 2.27. The minimum Gasteiger partial charge on any atom is -0.465 e. The number of ether oxygens (including phenoxy) is 1. The van der Waals surface area contributed by atoms with Gasteiger partial charge < -0.3 is 10.5 Å². The summed E-state index contributed by atoms with van der Waals surface area (Å²) in [5.74, 6) is -0.665. The Bertz CT molecular complexity index is 934. The summed E-state index contributed by atoms with van der Waals surface area (Å²) < 4.78 is 6.93. The number of nitrogens with zero attached hydrogens (tertiary/aromatic N) is 2. The molecule has 0 saturated heterocycles. The van der Waals surface area contributed by atoms with Crippen molar-refractivity contribution >= 4 is 38.9 Å². The fourth-order valence-corrected chi connectivity index (χ4v) is 2.76. The number of nitrogen functional groups attached to an aromatic ring is 1. The lowest BCUT2D eigenvalue weighted by atomic mass is 10.0. The molecule has 130 valence electrons. The molecule has 6 nitrogen and oxygen atoms in total. The van der Waals surface area contributed by atoms with Gasteiger partial charge in [0.2, 0.25) is 5.78 Å². The zero-order valence-corrected chi connectivity index (χ0v) is 15.7. The molecule has 2 heterocycles. The molecule has 0 saturated carbocycles. The SMILES string of the molecule is CC.COC(=O)c1cc(C(=O)c2nc(Br)c3ccccn23)ccc1N. The van der Waals surface area contributed by atoms with Crippen LogP contribution in [0.2, 0.25) is 0 Å². The van der Waals surface area contributed by atoms with Gasteiger partial charge in [0.15, 0.2) is 5.82 Å². The van der Waals surface area contributed by atoms with E-state index >= 15 is 0 Å². The van der Waals surface area contributed by atoms with Crippen molar-refractivity contribution in [2.24, 2.45) is 0 Å². The second kappa shape index (κ2) is 7.94. The van der Waals surface area contributed by atoms with Crippen LogP contribution in [0.3, 0.4) is 0 Å². The molecular weight excluding hydrogens is 386 g/mol. The first-order valence-corrected chi connectivity index (χ1v) is 8.47. The van der Waals surface area contributed by atoms with Crippen LogP contribution in [0.5, 0.6) is 0 Å². The largest absolute Gasteiger partial charge is 0.465 e. The van der Waals surface area contributed by atoms with E-state index in [0.717, 1.165) is 5.52 Å². The van der Waals surface area contributed by atoms with Gasteiger partial charge >= 0.3 is 5.97 Å². The zero-order valence-electron chi connectivity index (χ0n) is 14.1. The number of halogens is 1. The number of hydrogen-bond donors (Lipinski definition) is 1. The highest BCUT2D eigenvalue weighted by Gasteiger charge is 2.20. The molecule has 0 spiro atoms. The second-order valence-corrected chi connectivity index (χ2v) is 5.56. The normalized spacial score (nSPS) is 10.1. The summed E-state index contributed by atoms with van der Waals surface area (Å²) in [4.78, 5) is 28.7. The van der Waals surface area contributed by atoms with Gasteiger partial charge in [-0.25, -0.2) is 9.78 Å². The molecule has 25 heavy (non-hydrogen) atoms. The smallest absolute Gasteiger partial charge is 0.339 e. The molecule has 0 atom stereocenters. The Kier molecular flexibility index (Phi) is 5.93. The van der Waals surface area contributed by atoms with E-state index in [1.54, 1.807) is 22.7 Å². The zero-order chi connectivity index (χ0) is 18.6. The summed E-state index contributed by atoms with van der Waals surface area (Å²) in [5, 5.41) is 0. The number of ketones is 1. The van der Waals surface area contributed by atoms with Crippen molar-refractivity contribution in [2.45, 2.75) is 13.8 Å². The first-order chi connectivity index (χ1) is 12.0. The lowest BCUT2D eigenvalue weighted by Gasteiger charge is -2.06. The molecule has 0 amide bonds. The Balaban J connectivity index is 0.00000109. The highest BCUT2D eigenvalue weighted by molar-refractivity contribution is 9.10. The van der Waals surface area contributed by atoms with Crippen LogP contribution in [0.4, 0.5) is 5.69 Å². The Morgan fingerprint density at radius 1 is 1.20 bits per heavy atom. The van der Waals surface area contributed by atoms with Crippen molar-refractivity contribution in [1.82, 2.24) is 9.38 Å². The average Bonchev–Trinajstić information content (AvgIpc) is 2.99. The van der Waals surface area contributed by atoms with Crippen LogP contribution in [-0.2, 0) is 4.74 Å². The Labute approximate surface area is 153 Å². The Hall–Kier alpha value is -2.67. The standard InChI is InChI=1S/C16H12BrN3O3.C2H6/c1-23-16(22)10-8-9(5-6-11(10)18)13(21)15-19-14(17)12-4-2-3-7-20(12)15;1-2/h2-8H,18H2,1H3;1-2H3. The highest BCUT2D eigenvalue weighted by atomic mass is 79.9. The number of methoxy groups -OCH3 is 1. The topological polar surface area (TPSA) is 86.7 Å². The Morgan fingerprint density at radius 3 is 2.60 bits per heavy atom. The third kappa shape index (κ3) is 3.56. The van der Waals surface area contributed by atoms with E-state index < -0.39 is 5.97 Å². The van der Waals surface area contributed by atoms with E-state index in [-0.39, 0.29) is 22.9 Å². The second-order valence-electron chi connectivity index (χ2n) is 4.80. The summed E-state index contributed by atoms with van der Waals surface area (Å²) in [6.45, 7) is 4.00. The van der Waals surface area contributed by atoms with Crippen LogP contribution in [-0.4, -0.2) is 28.2 Å². The molecule has 1 aromatic carbocycles. The van der Waals surface area contributed by atoms with Crippen molar-refractivity contribution in [3.8, 4) is 0 Å². The number of imidazole rings is 1. The van der Waals surface area contributed by atoms with Crippen LogP contribution >= 0.6 is 15.9 Å². The monoisotopic (exact) mass is 403 g/mol. The van der Waals surface area contributed by atoms with E-state index in [4.69, 9.17) is 5.73 Å². The lowest BCUT2D eigenvalue weighted by molar-refractivity contribution is 0.0602. The average molecular weight is 404 g/mol. The van der Waals surface area contributed by atoms with Crippen LogP contribution in [0, 0.1) is 0 Å². The van der Waals surface area contributed by atoms with E-state index in [0.29, 0.717) is 10.2 Å². The molecule has 0 bridgehead atoms. The molecule has 2 aromatic heterocycles. The van der Waals surface area contributed by atoms with Crippen molar-refractivity contribution < 1.29 is 14.3 Å². The molecule has 0 fully saturated rings. The van der Waals surface area contributed by atoms with Crippen LogP contribution in [0.15, 0.2) is 47.2 Å². The van der Waals surface area contributed by atoms with Gasteiger partial charge in [0.05, 0.1) is 18.2 Å². The third-order valence-electron chi connectivity index (χ3n) is 3.43. The van der Waals surface area contributed by atoms with Crippen molar-refractivity contribution in [3.05, 3.63) is 64.1 Å². The van der Waals surface area contributed by atoms with Crippen LogP contribution in [0.25, 0.3) is 5.52 Å². The number of nitrogens with two attached hydrogens (primary N) is 1. The van der Waals surface area contributed by atoms with Gasteiger partial charge in [-0.05, 0) is 46.3 Å². The van der Waals surface area contributed by atoms with Crippen molar-refractivity contribution in [2.75, 3.05) is 12.8 Å². The maximum absolute atomic E-state index is 12.8. The first-order valence-electron chi connectivity index (χ1n) is 7.68. The molecular formula is C18H18BrN3O3. The first kappa shape index (κ1) is 18.7. The van der Waals surface area contributed by atoms with Crippen molar-refractivity contribution in [1.29, 1.82) is 0 Å². The van der Waals surface area contributed by atoms with Gasteiger partial charge in [-0.1, -0.05) is 19.9 Å². The van der Waals surface area contributed by atoms with Crippen LogP contribution in [0.1, 0.15) is 40.4 Å². The number of benzene rings is 1. The predicted molar refractivity (Wildman–Crippen MR) is 99.9 cm³/mol. The van der Waals surface area contributed by atoms with E-state index in [1.165, 1.54) is 19.2 Å². The van der Waals surface area contributed by atoms with Crippen molar-refractivity contribution in [3.63, 3.8) is 0 Å². The summed E-state index contributed by atoms with van der Waals surface area (Å²) >= 11 is 3.34. The van der Waals surface area contributed by atoms with E-state index in [9.17, 15) is 9.59 Å². The molecule has 0 aliphatic rings. The lowest BCUT2D eigenvalue weighted by Crippen LogP contribution is -2.11. The molecule has 0 aliphatic heterocycles. The highest BCUT2D eigenvalue weighted by Crippen LogP contribution is 2.22. The molecule has 7 heteroatoms. The number of aromatic nitrogens is 2. The number of fused-ring (bicyclic) bond motifs is 1. The van der Waals surface area contributed by atoms with Gasteiger partial charge in [0, 0.05) is 17.4 Å². The number of carbonyl (C=O) groups is 2. The summed E-state index contributed by atoms with van der Waals surface area (Å²) in [6.07, 6.45) is 1.75. The minimum absolute atomic E-state index is 0.151. The molecule has 0 radical (unpaired) electrons. The molecule has 3 aromatic rings. The summed E-state index contributed by atoms with van der Waals surface area (Å²) in [7, 11) is 1.26. The fraction of sp³-hybridized carbons (Fsp3) is 0.167. The third-order valence-corrected chi connectivity index (χ3v) is 4.01. The Morgan fingerprint density at radius 2 is 1.92 bits per heavy atom. The van der Waals surface area contributed by atoms with Gasteiger partial charge in [-0.2, -0.15) is 0 Å².